The van der Waals surface area contributed by atoms with Gasteiger partial charge in [0.2, 0.25) is 0 Å². The Labute approximate surface area is 644 Å². The van der Waals surface area contributed by atoms with E-state index >= 15 is 0 Å². The summed E-state index contributed by atoms with van der Waals surface area (Å²) < 4.78 is 2.47. The molecule has 0 bridgehead atoms. The molecule has 0 heterocycles. The Morgan fingerprint density at radius 1 is 0.436 bits per heavy atom. The van der Waals surface area contributed by atoms with Crippen LogP contribution in [0.3, 0.4) is 0 Å². The maximum Gasteiger partial charge on any atom is 4.00 e. The van der Waals surface area contributed by atoms with E-state index in [1.54, 1.807) is 47.2 Å². The summed E-state index contributed by atoms with van der Waals surface area (Å²) in [5, 5.41) is 17.9. The van der Waals surface area contributed by atoms with Crippen molar-refractivity contribution >= 4 is 132 Å². The van der Waals surface area contributed by atoms with Crippen LogP contribution in [0.25, 0.3) is 33.4 Å². The molecule has 0 N–H and O–H groups in total. The van der Waals surface area contributed by atoms with Gasteiger partial charge >= 0.3 is 64.1 Å². The maximum absolute atomic E-state index is 4.93. The number of fused-ring (bicyclic) bond motifs is 4. The van der Waals surface area contributed by atoms with Crippen LogP contribution in [-0.4, -0.2) is 52.0 Å². The Bertz CT molecular complexity index is 2900. The SMILES string of the molecule is CC[Si](CC)(C1C(C)=Cc2c(Br)cccc21)C1C(C)=Cc2c(Br)cccc21.CC[Si](CC)(C1C(C)CC2C(Br)CCCC21)C1C(C)CC2C(Br)CCCC21.[CH3-].[CH3-].[Cl][Zr+2][Cl].[Zr+4].c1ccc([N-]CCC[N-]c2ccccc2)cc1.c1ccc([N-]CCC[N-]c2ccccc2)cc1. The molecule has 6 aromatic carbocycles. The number of nitrogens with zero attached hydrogens (tertiary/aromatic N) is 4. The molecule has 504 valence electrons. The first-order valence-corrected chi connectivity index (χ1v) is 49.2. The van der Waals surface area contributed by atoms with Gasteiger partial charge in [0.25, 0.3) is 0 Å². The van der Waals surface area contributed by atoms with E-state index in [2.05, 4.69) is 189 Å². The van der Waals surface area contributed by atoms with E-state index in [1.165, 1.54) is 70.7 Å². The second-order valence-electron chi connectivity index (χ2n) is 26.7. The molecule has 0 amide bonds. The molecule has 0 aromatic heterocycles. The summed E-state index contributed by atoms with van der Waals surface area (Å²) in [4.78, 5) is 1.64. The number of hydrogen-bond acceptors (Lipinski definition) is 0. The standard InChI is InChI=1S/C24H42Br2Si.C24H26Br2Si.2C15H16N2.2CH3.2ClH.2Zr/c2*1-5-27(6-2,23-15(3)13-19-17(23)9-7-11-21(19)25)24-16(4)14-20-18(24)10-8-12-22(20)26;2*1-3-8-14(9-4-1)16-12-7-13-17-15-10-5-2-6-11-15;;;;;;/h15-24H,5-14H2,1-4H3;7-14,23-24H,5-6H2,1-4H3;2*1-6,8-11H,7,12-13H2;2*1H3;2*1H;;/q;;2*-2;2*-1;;;2*+4/p-2. The van der Waals surface area contributed by atoms with Crippen LogP contribution < -0.4 is 0 Å². The summed E-state index contributed by atoms with van der Waals surface area (Å²) in [6.45, 7) is 23.5. The zero-order valence-electron chi connectivity index (χ0n) is 57.9. The van der Waals surface area contributed by atoms with Crippen LogP contribution in [0.2, 0.25) is 35.3 Å². The molecule has 94 heavy (non-hydrogen) atoms. The number of para-hydroxylation sites is 4. The molecule has 0 spiro atoms. The van der Waals surface area contributed by atoms with E-state index in [9.17, 15) is 0 Å². The van der Waals surface area contributed by atoms with E-state index in [-0.39, 0.29) is 41.1 Å². The van der Waals surface area contributed by atoms with Crippen molar-refractivity contribution in [3.63, 3.8) is 0 Å². The Kier molecular flexibility index (Phi) is 37.4. The molecule has 12 unspecified atom stereocenters. The zero-order valence-corrected chi connectivity index (χ0v) is 72.7. The molecule has 4 nitrogen and oxygen atoms in total. The third-order valence-corrected chi connectivity index (χ3v) is 39.3. The van der Waals surface area contributed by atoms with Gasteiger partial charge < -0.3 is 36.1 Å². The third kappa shape index (κ3) is 20.9. The Morgan fingerprint density at radius 3 is 1.02 bits per heavy atom. The largest absolute Gasteiger partial charge is 4.00 e. The van der Waals surface area contributed by atoms with E-state index in [0.29, 0.717) is 11.1 Å². The summed E-state index contributed by atoms with van der Waals surface area (Å²) in [7, 11) is 6.82. The first kappa shape index (κ1) is 83.4. The number of benzene rings is 6. The second-order valence-corrected chi connectivity index (χ2v) is 44.7. The minimum Gasteiger partial charge on any atom is -0.684 e. The van der Waals surface area contributed by atoms with E-state index in [1.807, 2.05) is 121 Å². The van der Waals surface area contributed by atoms with Crippen LogP contribution in [0.4, 0.5) is 22.7 Å². The van der Waals surface area contributed by atoms with Crippen LogP contribution in [0.1, 0.15) is 153 Å². The fourth-order valence-corrected chi connectivity index (χ4v) is 35.3. The molecule has 6 aliphatic rings. The Balaban J connectivity index is 0.000000226. The maximum atomic E-state index is 4.93. The molecule has 12 atom stereocenters. The van der Waals surface area contributed by atoms with E-state index in [4.69, 9.17) is 17.0 Å². The summed E-state index contributed by atoms with van der Waals surface area (Å²) in [5.41, 5.74) is 16.6. The summed E-state index contributed by atoms with van der Waals surface area (Å²) >= 11 is 15.0. The topological polar surface area (TPSA) is 56.4 Å². The zero-order chi connectivity index (χ0) is 64.9. The van der Waals surface area contributed by atoms with Gasteiger partial charge in [-0.1, -0.05) is 337 Å². The van der Waals surface area contributed by atoms with Crippen molar-refractivity contribution in [1.29, 1.82) is 0 Å². The average Bonchev–Trinajstić information content (AvgIpc) is 1.55. The van der Waals surface area contributed by atoms with Gasteiger partial charge in [-0.15, -0.1) is 48.9 Å². The Morgan fingerprint density at radius 2 is 0.734 bits per heavy atom. The smallest absolute Gasteiger partial charge is 0.684 e. The van der Waals surface area contributed by atoms with Gasteiger partial charge in [-0.05, 0) is 121 Å². The van der Waals surface area contributed by atoms with Crippen LogP contribution >= 0.6 is 80.7 Å². The Hall–Kier alpha value is -1.30. The molecule has 6 aromatic rings. The third-order valence-electron chi connectivity index (χ3n) is 21.9. The van der Waals surface area contributed by atoms with Gasteiger partial charge in [-0.25, -0.2) is 0 Å². The first-order chi connectivity index (χ1) is 44.2. The van der Waals surface area contributed by atoms with Gasteiger partial charge in [0.05, 0.1) is 16.1 Å². The van der Waals surface area contributed by atoms with Gasteiger partial charge in [0.15, 0.2) is 0 Å². The van der Waals surface area contributed by atoms with Crippen molar-refractivity contribution in [2.24, 2.45) is 35.5 Å². The van der Waals surface area contributed by atoms with Crippen molar-refractivity contribution in [3.8, 4) is 0 Å². The fourth-order valence-electron chi connectivity index (χ4n) is 18.3. The summed E-state index contributed by atoms with van der Waals surface area (Å²) in [5.74, 6) is 6.07. The van der Waals surface area contributed by atoms with Crippen molar-refractivity contribution in [3.05, 3.63) is 236 Å². The molecular formula is C80H106Br4Cl2N4Si2Zr2. The fraction of sp³-hybridized carbons (Fsp3) is 0.475. The van der Waals surface area contributed by atoms with Crippen LogP contribution in [0.5, 0.6) is 0 Å². The number of halogens is 6. The van der Waals surface area contributed by atoms with Crippen LogP contribution in [0, 0.1) is 50.4 Å². The summed E-state index contributed by atoms with van der Waals surface area (Å²) in [6, 6.07) is 59.5. The molecular weight excluding hydrogens is 1650 g/mol. The van der Waals surface area contributed by atoms with Gasteiger partial charge in [-0.2, -0.15) is 0 Å². The molecule has 0 saturated heterocycles. The molecule has 0 radical (unpaired) electrons. The van der Waals surface area contributed by atoms with Crippen LogP contribution in [0.15, 0.2) is 178 Å². The van der Waals surface area contributed by atoms with Crippen LogP contribution in [-0.2, 0) is 47.1 Å². The van der Waals surface area contributed by atoms with Gasteiger partial charge in [0.1, 0.15) is 0 Å². The van der Waals surface area contributed by atoms with E-state index in [0.717, 1.165) is 118 Å². The molecule has 0 aliphatic heterocycles. The molecule has 14 heteroatoms. The summed E-state index contributed by atoms with van der Waals surface area (Å²) in [6.07, 6.45) is 18.8. The van der Waals surface area contributed by atoms with Crippen molar-refractivity contribution in [1.82, 2.24) is 0 Å². The van der Waals surface area contributed by atoms with Crippen molar-refractivity contribution in [2.75, 3.05) is 26.2 Å². The second kappa shape index (κ2) is 42.2. The number of hydrogen-bond donors (Lipinski definition) is 0. The monoisotopic (exact) mass is 1740 g/mol. The number of rotatable bonds is 20. The molecule has 12 rings (SSSR count). The number of allylic oxidation sites excluding steroid dienone is 2. The van der Waals surface area contributed by atoms with E-state index < -0.39 is 37.0 Å². The quantitative estimate of drug-likeness (QED) is 0.0317. The first-order valence-electron chi connectivity index (χ1n) is 34.3. The predicted octanol–water partition coefficient (Wildman–Crippen LogP) is 29.0. The average molecular weight is 1750 g/mol. The molecule has 4 saturated carbocycles. The minimum absolute atomic E-state index is 0. The number of alkyl halides is 2. The predicted molar refractivity (Wildman–Crippen MR) is 428 cm³/mol. The normalized spacial score (nSPS) is 24.2. The van der Waals surface area contributed by atoms with Crippen molar-refractivity contribution < 1.29 is 47.1 Å². The minimum atomic E-state index is -1.73. The van der Waals surface area contributed by atoms with Crippen molar-refractivity contribution in [2.45, 2.75) is 176 Å². The molecule has 4 fully saturated rings. The van der Waals surface area contributed by atoms with Gasteiger partial charge in [0, 0.05) is 29.7 Å². The van der Waals surface area contributed by atoms with Gasteiger partial charge in [-0.3, -0.25) is 0 Å². The molecule has 6 aliphatic carbocycles.